The molecule has 0 amide bonds. The second-order valence-electron chi connectivity index (χ2n) is 7.86. The second kappa shape index (κ2) is 9.69. The third-order valence-corrected chi connectivity index (χ3v) is 7.86. The first-order valence-electron chi connectivity index (χ1n) is 10.3. The van der Waals surface area contributed by atoms with Crippen LogP contribution in [0.15, 0.2) is 76.4 Å². The van der Waals surface area contributed by atoms with Crippen LogP contribution in [0.25, 0.3) is 10.2 Å². The van der Waals surface area contributed by atoms with Gasteiger partial charge in [0.2, 0.25) is 10.0 Å². The Labute approximate surface area is 201 Å². The summed E-state index contributed by atoms with van der Waals surface area (Å²) in [5.74, 6) is 0.680. The van der Waals surface area contributed by atoms with Crippen molar-refractivity contribution in [1.29, 1.82) is 0 Å². The van der Waals surface area contributed by atoms with E-state index in [0.29, 0.717) is 27.5 Å². The molecule has 0 aliphatic carbocycles. The van der Waals surface area contributed by atoms with Crippen LogP contribution in [0.2, 0.25) is 5.02 Å². The highest BCUT2D eigenvalue weighted by Gasteiger charge is 2.20. The molecule has 172 valence electrons. The van der Waals surface area contributed by atoms with Crippen LogP contribution in [0.4, 0.5) is 0 Å². The fraction of sp³-hybridized carbons (Fsp3) is 0.208. The van der Waals surface area contributed by atoms with Gasteiger partial charge < -0.3 is 4.74 Å². The first-order chi connectivity index (χ1) is 15.7. The molecule has 0 saturated carbocycles. The minimum Gasteiger partial charge on any atom is -0.492 e. The molecule has 9 heteroatoms. The van der Waals surface area contributed by atoms with E-state index in [1.165, 1.54) is 12.1 Å². The lowest BCUT2D eigenvalue weighted by molar-refractivity contribution is 0.287. The molecule has 1 aromatic heterocycles. The number of nitrogens with one attached hydrogen (secondary N) is 1. The van der Waals surface area contributed by atoms with Gasteiger partial charge in [-0.1, -0.05) is 52.8 Å². The molecule has 4 rings (SSSR count). The zero-order chi connectivity index (χ0) is 23.6. The summed E-state index contributed by atoms with van der Waals surface area (Å²) in [5.41, 5.74) is 2.74. The molecule has 0 unspecified atom stereocenters. The maximum Gasteiger partial charge on any atom is 0.308 e. The summed E-state index contributed by atoms with van der Waals surface area (Å²) in [6.45, 7) is 4.30. The van der Waals surface area contributed by atoms with Gasteiger partial charge in [0.15, 0.2) is 0 Å². The van der Waals surface area contributed by atoms with Gasteiger partial charge in [-0.3, -0.25) is 9.36 Å². The van der Waals surface area contributed by atoms with Crippen molar-refractivity contribution < 1.29 is 13.2 Å². The molecule has 4 aromatic rings. The Balaban J connectivity index is 1.49. The molecular formula is C24H23ClN2O4S2. The van der Waals surface area contributed by atoms with Crippen molar-refractivity contribution in [2.24, 2.45) is 0 Å². The van der Waals surface area contributed by atoms with Crippen molar-refractivity contribution >= 4 is 43.2 Å². The molecule has 0 spiro atoms. The number of ether oxygens (including phenoxy) is 1. The number of thiazole rings is 1. The Bertz CT molecular complexity index is 1430. The average Bonchev–Trinajstić information content (AvgIpc) is 3.09. The molecule has 3 aromatic carbocycles. The van der Waals surface area contributed by atoms with Crippen LogP contribution in [0.5, 0.6) is 5.75 Å². The van der Waals surface area contributed by atoms with Crippen molar-refractivity contribution in [3.05, 3.63) is 92.5 Å². The molecule has 0 aliphatic heterocycles. The summed E-state index contributed by atoms with van der Waals surface area (Å²) in [4.78, 5) is 12.5. The number of rotatable bonds is 8. The third kappa shape index (κ3) is 5.65. The Morgan fingerprint density at radius 2 is 1.76 bits per heavy atom. The molecule has 1 N–H and O–H groups in total. The summed E-state index contributed by atoms with van der Waals surface area (Å²) < 4.78 is 36.4. The SMILES string of the molecule is Cc1ccc(OC[C@@H](C)NS(=O)(=O)c2ccc3c(c2)sc(=O)n3Cc2ccc(Cl)cc2)cc1. The maximum atomic E-state index is 12.9. The fourth-order valence-electron chi connectivity index (χ4n) is 3.36. The highest BCUT2D eigenvalue weighted by molar-refractivity contribution is 7.89. The second-order valence-corrected chi connectivity index (χ2v) is 11.0. The van der Waals surface area contributed by atoms with Gasteiger partial charge in [-0.25, -0.2) is 13.1 Å². The molecule has 6 nitrogen and oxygen atoms in total. The van der Waals surface area contributed by atoms with Crippen molar-refractivity contribution in [1.82, 2.24) is 9.29 Å². The van der Waals surface area contributed by atoms with Crippen LogP contribution < -0.4 is 14.3 Å². The Morgan fingerprint density at radius 1 is 1.06 bits per heavy atom. The number of aryl methyl sites for hydroxylation is 1. The molecule has 0 aliphatic rings. The van der Waals surface area contributed by atoms with Crippen molar-refractivity contribution in [2.45, 2.75) is 31.3 Å². The largest absolute Gasteiger partial charge is 0.492 e. The molecule has 0 bridgehead atoms. The first kappa shape index (κ1) is 23.5. The van der Waals surface area contributed by atoms with E-state index in [2.05, 4.69) is 4.72 Å². The van der Waals surface area contributed by atoms with E-state index in [0.717, 1.165) is 22.5 Å². The molecule has 1 heterocycles. The van der Waals surface area contributed by atoms with Crippen LogP contribution in [0, 0.1) is 6.92 Å². The van der Waals surface area contributed by atoms with E-state index < -0.39 is 16.1 Å². The fourth-order valence-corrected chi connectivity index (χ4v) is 5.74. The van der Waals surface area contributed by atoms with Crippen LogP contribution in [0.3, 0.4) is 0 Å². The van der Waals surface area contributed by atoms with Crippen LogP contribution in [-0.2, 0) is 16.6 Å². The van der Waals surface area contributed by atoms with Crippen LogP contribution >= 0.6 is 22.9 Å². The minimum absolute atomic E-state index is 0.108. The van der Waals surface area contributed by atoms with Gasteiger partial charge in [0.05, 0.1) is 27.7 Å². The molecule has 1 atom stereocenters. The summed E-state index contributed by atoms with van der Waals surface area (Å²) in [5, 5.41) is 0.627. The lowest BCUT2D eigenvalue weighted by Crippen LogP contribution is -2.36. The molecule has 33 heavy (non-hydrogen) atoms. The number of sulfonamides is 1. The quantitative estimate of drug-likeness (QED) is 0.375. The number of nitrogens with zero attached hydrogens (tertiary/aromatic N) is 1. The highest BCUT2D eigenvalue weighted by Crippen LogP contribution is 2.23. The van der Waals surface area contributed by atoms with E-state index in [1.54, 1.807) is 29.7 Å². The summed E-state index contributed by atoms with van der Waals surface area (Å²) >= 11 is 6.96. The van der Waals surface area contributed by atoms with E-state index in [-0.39, 0.29) is 16.4 Å². The normalized spacial score (nSPS) is 12.7. The smallest absolute Gasteiger partial charge is 0.308 e. The maximum absolute atomic E-state index is 12.9. The van der Waals surface area contributed by atoms with Gasteiger partial charge in [-0.05, 0) is 61.9 Å². The van der Waals surface area contributed by atoms with Crippen LogP contribution in [-0.4, -0.2) is 25.6 Å². The lowest BCUT2D eigenvalue weighted by atomic mass is 10.2. The highest BCUT2D eigenvalue weighted by atomic mass is 35.5. The lowest BCUT2D eigenvalue weighted by Gasteiger charge is -2.15. The van der Waals surface area contributed by atoms with E-state index in [4.69, 9.17) is 16.3 Å². The number of hydrogen-bond donors (Lipinski definition) is 1. The third-order valence-electron chi connectivity index (χ3n) is 5.08. The number of aromatic nitrogens is 1. The van der Waals surface area contributed by atoms with Gasteiger partial charge in [0.1, 0.15) is 12.4 Å². The first-order valence-corrected chi connectivity index (χ1v) is 13.0. The van der Waals surface area contributed by atoms with Gasteiger partial charge in [-0.15, -0.1) is 0 Å². The Hall–Kier alpha value is -2.65. The number of halogens is 1. The standard InChI is InChI=1S/C24H23ClN2O4S2/c1-16-3-9-20(10-4-16)31-15-17(2)26-33(29,30)21-11-12-22-23(13-21)32-24(28)27(22)14-18-5-7-19(25)8-6-18/h3-13,17,26H,14-15H2,1-2H3/t17-/m1/s1. The van der Waals surface area contributed by atoms with E-state index in [1.807, 2.05) is 43.3 Å². The summed E-state index contributed by atoms with van der Waals surface area (Å²) in [7, 11) is -3.78. The van der Waals surface area contributed by atoms with Gasteiger partial charge in [-0.2, -0.15) is 0 Å². The van der Waals surface area contributed by atoms with E-state index >= 15 is 0 Å². The monoisotopic (exact) mass is 502 g/mol. The zero-order valence-corrected chi connectivity index (χ0v) is 20.5. The number of benzene rings is 3. The number of hydrogen-bond acceptors (Lipinski definition) is 5. The van der Waals surface area contributed by atoms with Gasteiger partial charge in [0.25, 0.3) is 0 Å². The minimum atomic E-state index is -3.78. The zero-order valence-electron chi connectivity index (χ0n) is 18.1. The summed E-state index contributed by atoms with van der Waals surface area (Å²) in [6, 6.07) is 19.1. The van der Waals surface area contributed by atoms with Crippen molar-refractivity contribution in [3.8, 4) is 5.75 Å². The predicted octanol–water partition coefficient (Wildman–Crippen LogP) is 4.82. The number of fused-ring (bicyclic) bond motifs is 1. The Morgan fingerprint density at radius 3 is 2.45 bits per heavy atom. The van der Waals surface area contributed by atoms with Gasteiger partial charge >= 0.3 is 4.87 Å². The molecular weight excluding hydrogens is 480 g/mol. The van der Waals surface area contributed by atoms with E-state index in [9.17, 15) is 13.2 Å². The van der Waals surface area contributed by atoms with Gasteiger partial charge in [0, 0.05) is 5.02 Å². The van der Waals surface area contributed by atoms with Crippen LogP contribution in [0.1, 0.15) is 18.1 Å². The molecule has 0 radical (unpaired) electrons. The average molecular weight is 503 g/mol. The predicted molar refractivity (Wildman–Crippen MR) is 133 cm³/mol. The van der Waals surface area contributed by atoms with Crippen molar-refractivity contribution in [3.63, 3.8) is 0 Å². The van der Waals surface area contributed by atoms with Crippen molar-refractivity contribution in [2.75, 3.05) is 6.61 Å². The topological polar surface area (TPSA) is 77.4 Å². The Kier molecular flexibility index (Phi) is 6.90. The molecule has 0 saturated heterocycles. The summed E-state index contributed by atoms with van der Waals surface area (Å²) in [6.07, 6.45) is 0. The molecule has 0 fully saturated rings.